The number of sulfonamides is 1. The van der Waals surface area contributed by atoms with E-state index in [1.54, 1.807) is 18.2 Å². The van der Waals surface area contributed by atoms with Gasteiger partial charge in [-0.3, -0.25) is 0 Å². The Bertz CT molecular complexity index is 989. The van der Waals surface area contributed by atoms with Gasteiger partial charge in [0.15, 0.2) is 9.84 Å². The van der Waals surface area contributed by atoms with Gasteiger partial charge in [0.2, 0.25) is 10.0 Å². The van der Waals surface area contributed by atoms with Crippen LogP contribution in [0.2, 0.25) is 0 Å². The first-order chi connectivity index (χ1) is 11.7. The van der Waals surface area contributed by atoms with E-state index >= 15 is 0 Å². The summed E-state index contributed by atoms with van der Waals surface area (Å²) in [6.45, 7) is -0.0392. The third kappa shape index (κ3) is 3.56. The highest BCUT2D eigenvalue weighted by atomic mass is 32.2. The van der Waals surface area contributed by atoms with Gasteiger partial charge in [-0.1, -0.05) is 30.3 Å². The summed E-state index contributed by atoms with van der Waals surface area (Å²) in [4.78, 5) is 0.0520. The molecular formula is C16H20N2O5S2. The molecule has 1 aliphatic heterocycles. The number of nitrogens with zero attached hydrogens (tertiary/aromatic N) is 1. The normalized spacial score (nSPS) is 23.3. The van der Waals surface area contributed by atoms with Gasteiger partial charge in [0, 0.05) is 13.1 Å². The Kier molecular flexibility index (Phi) is 4.86. The summed E-state index contributed by atoms with van der Waals surface area (Å²) >= 11 is 0. The van der Waals surface area contributed by atoms with Gasteiger partial charge in [0.05, 0.1) is 28.5 Å². The monoisotopic (exact) mass is 384 g/mol. The maximum atomic E-state index is 13.1. The third-order valence-electron chi connectivity index (χ3n) is 4.34. The largest absolute Gasteiger partial charge is 0.390 e. The van der Waals surface area contributed by atoms with Gasteiger partial charge in [0.1, 0.15) is 0 Å². The van der Waals surface area contributed by atoms with Crippen LogP contribution in [0.4, 0.5) is 0 Å². The van der Waals surface area contributed by atoms with Crippen molar-refractivity contribution >= 4 is 30.6 Å². The molecule has 0 aliphatic carbocycles. The van der Waals surface area contributed by atoms with E-state index in [0.29, 0.717) is 0 Å². The topological polar surface area (TPSA) is 118 Å². The van der Waals surface area contributed by atoms with E-state index in [1.165, 1.54) is 6.07 Å². The quantitative estimate of drug-likeness (QED) is 0.746. The maximum absolute atomic E-state index is 13.1. The number of sulfone groups is 1. The van der Waals surface area contributed by atoms with Crippen molar-refractivity contribution in [3.05, 3.63) is 42.5 Å². The molecule has 1 fully saturated rings. The van der Waals surface area contributed by atoms with Crippen LogP contribution in [0.3, 0.4) is 0 Å². The average molecular weight is 384 g/mol. The van der Waals surface area contributed by atoms with Crippen molar-refractivity contribution in [2.45, 2.75) is 17.0 Å². The summed E-state index contributed by atoms with van der Waals surface area (Å²) < 4.78 is 50.7. The number of fused-ring (bicyclic) bond motifs is 1. The molecule has 7 nitrogen and oxygen atoms in total. The Morgan fingerprint density at radius 3 is 2.40 bits per heavy atom. The Morgan fingerprint density at radius 2 is 1.80 bits per heavy atom. The second kappa shape index (κ2) is 6.65. The molecule has 1 heterocycles. The molecule has 1 saturated heterocycles. The van der Waals surface area contributed by atoms with Gasteiger partial charge in [-0.05, 0) is 22.9 Å². The van der Waals surface area contributed by atoms with E-state index in [9.17, 15) is 21.9 Å². The standard InChI is InChI=1S/C16H20N2O5S2/c17-7-8-18(15-10-24(20,21)11-16(15)19)25(22,23)14-6-5-12-3-1-2-4-13(12)9-14/h1-6,9,15-16,19H,7-8,10-11,17H2/t15-,16+/m1/s1. The maximum Gasteiger partial charge on any atom is 0.243 e. The van der Waals surface area contributed by atoms with E-state index in [-0.39, 0.29) is 18.0 Å². The van der Waals surface area contributed by atoms with Crippen LogP contribution in [-0.4, -0.2) is 63.0 Å². The molecular weight excluding hydrogens is 364 g/mol. The molecule has 3 N–H and O–H groups in total. The number of benzene rings is 2. The fourth-order valence-electron chi connectivity index (χ4n) is 3.14. The van der Waals surface area contributed by atoms with Crippen LogP contribution in [0.15, 0.2) is 47.4 Å². The minimum absolute atomic E-state index is 0.0239. The molecule has 2 atom stereocenters. The van der Waals surface area contributed by atoms with E-state index in [2.05, 4.69) is 0 Å². The van der Waals surface area contributed by atoms with Crippen LogP contribution < -0.4 is 5.73 Å². The van der Waals surface area contributed by atoms with Crippen molar-refractivity contribution in [3.8, 4) is 0 Å². The molecule has 0 aromatic heterocycles. The number of aliphatic hydroxyl groups is 1. The van der Waals surface area contributed by atoms with Crippen LogP contribution in [0.5, 0.6) is 0 Å². The van der Waals surface area contributed by atoms with E-state index in [0.717, 1.165) is 15.1 Å². The highest BCUT2D eigenvalue weighted by molar-refractivity contribution is 7.92. The zero-order chi connectivity index (χ0) is 18.2. The summed E-state index contributed by atoms with van der Waals surface area (Å²) in [5.74, 6) is -0.840. The molecule has 2 aromatic carbocycles. The summed E-state index contributed by atoms with van der Waals surface area (Å²) in [6.07, 6.45) is -1.26. The zero-order valence-electron chi connectivity index (χ0n) is 13.4. The van der Waals surface area contributed by atoms with Crippen LogP contribution >= 0.6 is 0 Å². The Morgan fingerprint density at radius 1 is 1.12 bits per heavy atom. The molecule has 9 heteroatoms. The van der Waals surface area contributed by atoms with Crippen LogP contribution in [-0.2, 0) is 19.9 Å². The van der Waals surface area contributed by atoms with Crippen molar-refractivity contribution < 1.29 is 21.9 Å². The smallest absolute Gasteiger partial charge is 0.243 e. The first-order valence-electron chi connectivity index (χ1n) is 7.84. The molecule has 0 radical (unpaired) electrons. The molecule has 25 heavy (non-hydrogen) atoms. The summed E-state index contributed by atoms with van der Waals surface area (Å²) in [7, 11) is -7.47. The molecule has 1 aliphatic rings. The fourth-order valence-corrected chi connectivity index (χ4v) is 6.74. The number of hydrogen-bond donors (Lipinski definition) is 2. The van der Waals surface area contributed by atoms with E-state index in [4.69, 9.17) is 5.73 Å². The Balaban J connectivity index is 2.04. The third-order valence-corrected chi connectivity index (χ3v) is 7.96. The lowest BCUT2D eigenvalue weighted by Gasteiger charge is -2.29. The van der Waals surface area contributed by atoms with E-state index < -0.39 is 43.5 Å². The first kappa shape index (κ1) is 18.3. The minimum Gasteiger partial charge on any atom is -0.390 e. The molecule has 0 unspecified atom stereocenters. The molecule has 0 saturated carbocycles. The minimum atomic E-state index is -3.99. The SMILES string of the molecule is NCCN([C@@H]1CS(=O)(=O)C[C@@H]1O)S(=O)(=O)c1ccc2ccccc2c1. The van der Waals surface area contributed by atoms with Crippen molar-refractivity contribution in [2.24, 2.45) is 5.73 Å². The highest BCUT2D eigenvalue weighted by Gasteiger charge is 2.44. The van der Waals surface area contributed by atoms with Gasteiger partial charge in [-0.15, -0.1) is 0 Å². The van der Waals surface area contributed by atoms with E-state index in [1.807, 2.05) is 18.2 Å². The number of hydrogen-bond acceptors (Lipinski definition) is 6. The lowest BCUT2D eigenvalue weighted by Crippen LogP contribution is -2.48. The van der Waals surface area contributed by atoms with Crippen molar-refractivity contribution in [1.82, 2.24) is 4.31 Å². The molecule has 0 amide bonds. The van der Waals surface area contributed by atoms with Gasteiger partial charge < -0.3 is 10.8 Å². The van der Waals surface area contributed by atoms with Crippen LogP contribution in [0.25, 0.3) is 10.8 Å². The number of rotatable bonds is 5. The van der Waals surface area contributed by atoms with Gasteiger partial charge in [0.25, 0.3) is 0 Å². The number of nitrogens with two attached hydrogens (primary N) is 1. The predicted octanol–water partition coefficient (Wildman–Crippen LogP) is -0.0529. The second-order valence-electron chi connectivity index (χ2n) is 6.12. The summed E-state index contributed by atoms with van der Waals surface area (Å²) in [5, 5.41) is 11.7. The average Bonchev–Trinajstić information content (AvgIpc) is 2.84. The van der Waals surface area contributed by atoms with Crippen LogP contribution in [0.1, 0.15) is 0 Å². The molecule has 0 bridgehead atoms. The zero-order valence-corrected chi connectivity index (χ0v) is 15.1. The fraction of sp³-hybridized carbons (Fsp3) is 0.375. The van der Waals surface area contributed by atoms with Gasteiger partial charge >= 0.3 is 0 Å². The number of aliphatic hydroxyl groups excluding tert-OH is 1. The Hall–Kier alpha value is -1.52. The lowest BCUT2D eigenvalue weighted by molar-refractivity contribution is 0.129. The highest BCUT2D eigenvalue weighted by Crippen LogP contribution is 2.27. The summed E-state index contributed by atoms with van der Waals surface area (Å²) in [6, 6.07) is 11.0. The van der Waals surface area contributed by atoms with Crippen LogP contribution in [0, 0.1) is 0 Å². The van der Waals surface area contributed by atoms with Crippen molar-refractivity contribution in [3.63, 3.8) is 0 Å². The first-order valence-corrected chi connectivity index (χ1v) is 11.1. The molecule has 136 valence electrons. The van der Waals surface area contributed by atoms with Crippen molar-refractivity contribution in [1.29, 1.82) is 0 Å². The van der Waals surface area contributed by atoms with Gasteiger partial charge in [-0.25, -0.2) is 16.8 Å². The predicted molar refractivity (Wildman–Crippen MR) is 95.3 cm³/mol. The second-order valence-corrected chi connectivity index (χ2v) is 10.2. The summed E-state index contributed by atoms with van der Waals surface area (Å²) in [5.41, 5.74) is 5.54. The molecule has 2 aromatic rings. The Labute approximate surface area is 147 Å². The lowest BCUT2D eigenvalue weighted by atomic mass is 10.1. The van der Waals surface area contributed by atoms with Gasteiger partial charge in [-0.2, -0.15) is 4.31 Å². The molecule has 3 rings (SSSR count). The molecule has 0 spiro atoms. The van der Waals surface area contributed by atoms with Crippen molar-refractivity contribution in [2.75, 3.05) is 24.6 Å².